The SMILES string of the molecule is Cc1ccc(Cl)c(C2CC(=O)OC(=O)C2)c1. The highest BCUT2D eigenvalue weighted by atomic mass is 35.5. The largest absolute Gasteiger partial charge is 0.393 e. The topological polar surface area (TPSA) is 43.4 Å². The van der Waals surface area contributed by atoms with E-state index in [-0.39, 0.29) is 18.8 Å². The van der Waals surface area contributed by atoms with E-state index in [0.717, 1.165) is 11.1 Å². The summed E-state index contributed by atoms with van der Waals surface area (Å²) in [5, 5.41) is 0.595. The van der Waals surface area contributed by atoms with Crippen LogP contribution in [0.5, 0.6) is 0 Å². The summed E-state index contributed by atoms with van der Waals surface area (Å²) in [6, 6.07) is 5.60. The van der Waals surface area contributed by atoms with Gasteiger partial charge in [0, 0.05) is 10.9 Å². The zero-order valence-electron chi connectivity index (χ0n) is 8.83. The highest BCUT2D eigenvalue weighted by Gasteiger charge is 2.29. The number of hydrogen-bond donors (Lipinski definition) is 0. The number of carbonyl (C=O) groups excluding carboxylic acids is 2. The quantitative estimate of drug-likeness (QED) is 0.558. The molecule has 0 unspecified atom stereocenters. The van der Waals surface area contributed by atoms with Crippen molar-refractivity contribution in [2.24, 2.45) is 0 Å². The third-order valence-electron chi connectivity index (χ3n) is 2.65. The molecule has 0 spiro atoms. The highest BCUT2D eigenvalue weighted by Crippen LogP contribution is 2.33. The van der Waals surface area contributed by atoms with E-state index < -0.39 is 11.9 Å². The number of ether oxygens (including phenoxy) is 1. The van der Waals surface area contributed by atoms with E-state index in [1.807, 2.05) is 19.1 Å². The van der Waals surface area contributed by atoms with Crippen molar-refractivity contribution in [3.05, 3.63) is 34.3 Å². The molecule has 2 rings (SSSR count). The fourth-order valence-corrected chi connectivity index (χ4v) is 2.15. The van der Waals surface area contributed by atoms with E-state index in [4.69, 9.17) is 11.6 Å². The van der Waals surface area contributed by atoms with Crippen LogP contribution in [-0.4, -0.2) is 11.9 Å². The van der Waals surface area contributed by atoms with Crippen LogP contribution in [0, 0.1) is 6.92 Å². The molecule has 84 valence electrons. The first-order chi connectivity index (χ1) is 7.56. The van der Waals surface area contributed by atoms with Gasteiger partial charge in [-0.3, -0.25) is 9.59 Å². The van der Waals surface area contributed by atoms with Gasteiger partial charge in [0.1, 0.15) is 0 Å². The van der Waals surface area contributed by atoms with Crippen LogP contribution in [-0.2, 0) is 14.3 Å². The molecule has 0 atom stereocenters. The van der Waals surface area contributed by atoms with Gasteiger partial charge < -0.3 is 4.74 Å². The van der Waals surface area contributed by atoms with Crippen LogP contribution in [0.3, 0.4) is 0 Å². The predicted octanol–water partition coefficient (Wildman–Crippen LogP) is 2.60. The van der Waals surface area contributed by atoms with E-state index in [2.05, 4.69) is 4.74 Å². The van der Waals surface area contributed by atoms with Gasteiger partial charge in [0.15, 0.2) is 0 Å². The second-order valence-corrected chi connectivity index (χ2v) is 4.38. The first-order valence-electron chi connectivity index (χ1n) is 5.06. The smallest absolute Gasteiger partial charge is 0.314 e. The standard InChI is InChI=1S/C12H11ClO3/c1-7-2-3-10(13)9(4-7)8-5-11(14)16-12(15)6-8/h2-4,8H,5-6H2,1H3. The Bertz CT molecular complexity index is 438. The molecule has 0 saturated carbocycles. The van der Waals surface area contributed by atoms with Crippen molar-refractivity contribution >= 4 is 23.5 Å². The molecule has 0 radical (unpaired) electrons. The molecule has 4 heteroatoms. The molecule has 16 heavy (non-hydrogen) atoms. The van der Waals surface area contributed by atoms with E-state index in [0.29, 0.717) is 5.02 Å². The van der Waals surface area contributed by atoms with Gasteiger partial charge in [-0.1, -0.05) is 29.3 Å². The van der Waals surface area contributed by atoms with Gasteiger partial charge >= 0.3 is 11.9 Å². The van der Waals surface area contributed by atoms with Gasteiger partial charge in [0.05, 0.1) is 12.8 Å². The fourth-order valence-electron chi connectivity index (χ4n) is 1.88. The molecule has 0 amide bonds. The fraction of sp³-hybridized carbons (Fsp3) is 0.333. The van der Waals surface area contributed by atoms with Gasteiger partial charge in [0.25, 0.3) is 0 Å². The molecule has 1 aromatic carbocycles. The second-order valence-electron chi connectivity index (χ2n) is 3.98. The molecule has 0 aliphatic carbocycles. The Kier molecular flexibility index (Phi) is 2.97. The summed E-state index contributed by atoms with van der Waals surface area (Å²) in [5.41, 5.74) is 1.91. The Labute approximate surface area is 98.4 Å². The van der Waals surface area contributed by atoms with Gasteiger partial charge in [-0.2, -0.15) is 0 Å². The number of esters is 2. The third kappa shape index (κ3) is 2.25. The first-order valence-corrected chi connectivity index (χ1v) is 5.43. The average Bonchev–Trinajstić information content (AvgIpc) is 2.20. The zero-order chi connectivity index (χ0) is 11.7. The first kappa shape index (κ1) is 11.1. The molecular formula is C12H11ClO3. The van der Waals surface area contributed by atoms with Crippen molar-refractivity contribution < 1.29 is 14.3 Å². The van der Waals surface area contributed by atoms with Crippen LogP contribution in [0.2, 0.25) is 5.02 Å². The molecule has 1 aliphatic heterocycles. The van der Waals surface area contributed by atoms with Crippen molar-refractivity contribution in [2.75, 3.05) is 0 Å². The molecule has 1 aliphatic rings. The zero-order valence-corrected chi connectivity index (χ0v) is 9.58. The molecular weight excluding hydrogens is 228 g/mol. The van der Waals surface area contributed by atoms with E-state index in [9.17, 15) is 9.59 Å². The number of benzene rings is 1. The predicted molar refractivity (Wildman–Crippen MR) is 59.3 cm³/mol. The number of cyclic esters (lactones) is 2. The second kappa shape index (κ2) is 4.26. The lowest BCUT2D eigenvalue weighted by atomic mass is 9.90. The molecule has 1 aromatic rings. The maximum Gasteiger partial charge on any atom is 0.314 e. The molecule has 0 aromatic heterocycles. The lowest BCUT2D eigenvalue weighted by Gasteiger charge is -2.21. The van der Waals surface area contributed by atoms with Crippen LogP contribution in [0.25, 0.3) is 0 Å². The molecule has 3 nitrogen and oxygen atoms in total. The van der Waals surface area contributed by atoms with Gasteiger partial charge in [-0.05, 0) is 18.6 Å². The summed E-state index contributed by atoms with van der Waals surface area (Å²) >= 11 is 6.06. The average molecular weight is 239 g/mol. The van der Waals surface area contributed by atoms with Gasteiger partial charge in [-0.15, -0.1) is 0 Å². The Morgan fingerprint density at radius 1 is 1.25 bits per heavy atom. The monoisotopic (exact) mass is 238 g/mol. The van der Waals surface area contributed by atoms with Crippen LogP contribution in [0.4, 0.5) is 0 Å². The maximum atomic E-state index is 11.2. The maximum absolute atomic E-state index is 11.2. The van der Waals surface area contributed by atoms with E-state index >= 15 is 0 Å². The molecule has 0 bridgehead atoms. The summed E-state index contributed by atoms with van der Waals surface area (Å²) in [6.45, 7) is 1.95. The lowest BCUT2D eigenvalue weighted by Crippen LogP contribution is -2.24. The Hall–Kier alpha value is -1.35. The lowest BCUT2D eigenvalue weighted by molar-refractivity contribution is -0.163. The molecule has 0 N–H and O–H groups in total. The van der Waals surface area contributed by atoms with Crippen molar-refractivity contribution in [3.63, 3.8) is 0 Å². The number of rotatable bonds is 1. The minimum atomic E-state index is -0.473. The third-order valence-corrected chi connectivity index (χ3v) is 2.99. The molecule has 1 fully saturated rings. The summed E-state index contributed by atoms with van der Waals surface area (Å²) < 4.78 is 4.49. The van der Waals surface area contributed by atoms with Crippen molar-refractivity contribution in [2.45, 2.75) is 25.7 Å². The normalized spacial score (nSPS) is 17.4. The number of aryl methyl sites for hydroxylation is 1. The number of carbonyl (C=O) groups is 2. The van der Waals surface area contributed by atoms with Gasteiger partial charge in [-0.25, -0.2) is 0 Å². The van der Waals surface area contributed by atoms with E-state index in [1.54, 1.807) is 6.07 Å². The minimum Gasteiger partial charge on any atom is -0.393 e. The molecule has 1 heterocycles. The Balaban J connectivity index is 2.32. The highest BCUT2D eigenvalue weighted by molar-refractivity contribution is 6.31. The summed E-state index contributed by atoms with van der Waals surface area (Å²) in [4.78, 5) is 22.3. The Morgan fingerprint density at radius 2 is 1.88 bits per heavy atom. The van der Waals surface area contributed by atoms with Gasteiger partial charge in [0.2, 0.25) is 0 Å². The van der Waals surface area contributed by atoms with Crippen LogP contribution < -0.4 is 0 Å². The summed E-state index contributed by atoms with van der Waals surface area (Å²) in [7, 11) is 0. The van der Waals surface area contributed by atoms with Crippen LogP contribution >= 0.6 is 11.6 Å². The summed E-state index contributed by atoms with van der Waals surface area (Å²) in [6.07, 6.45) is 0.434. The van der Waals surface area contributed by atoms with Crippen molar-refractivity contribution in [3.8, 4) is 0 Å². The minimum absolute atomic E-state index is 0.152. The van der Waals surface area contributed by atoms with E-state index in [1.165, 1.54) is 0 Å². The molecule has 1 saturated heterocycles. The summed E-state index contributed by atoms with van der Waals surface area (Å²) in [5.74, 6) is -1.10. The van der Waals surface area contributed by atoms with Crippen LogP contribution in [0.15, 0.2) is 18.2 Å². The van der Waals surface area contributed by atoms with Crippen molar-refractivity contribution in [1.29, 1.82) is 0 Å². The number of hydrogen-bond acceptors (Lipinski definition) is 3. The Morgan fingerprint density at radius 3 is 2.50 bits per heavy atom. The number of halogens is 1. The van der Waals surface area contributed by atoms with Crippen LogP contribution in [0.1, 0.15) is 29.9 Å². The van der Waals surface area contributed by atoms with Crippen molar-refractivity contribution in [1.82, 2.24) is 0 Å².